The second kappa shape index (κ2) is 6.66. The average molecular weight is 324 g/mol. The van der Waals surface area contributed by atoms with E-state index in [0.29, 0.717) is 12.0 Å². The van der Waals surface area contributed by atoms with Gasteiger partial charge in [-0.15, -0.1) is 0 Å². The Morgan fingerprint density at radius 1 is 1.12 bits per heavy atom. The molecule has 0 amide bonds. The Morgan fingerprint density at radius 2 is 1.96 bits per heavy atom. The number of aryl methyl sites for hydroxylation is 1. The number of likely N-dealkylation sites (tertiary alicyclic amines) is 1. The van der Waals surface area contributed by atoms with Gasteiger partial charge in [-0.25, -0.2) is 4.39 Å². The summed E-state index contributed by atoms with van der Waals surface area (Å²) in [5.41, 5.74) is 3.72. The lowest BCUT2D eigenvalue weighted by atomic mass is 9.77. The van der Waals surface area contributed by atoms with Crippen molar-refractivity contribution in [3.05, 3.63) is 71.0 Å². The van der Waals surface area contributed by atoms with Gasteiger partial charge in [0, 0.05) is 25.7 Å². The van der Waals surface area contributed by atoms with E-state index in [0.717, 1.165) is 31.1 Å². The summed E-state index contributed by atoms with van der Waals surface area (Å²) < 4.78 is 13.4. The highest BCUT2D eigenvalue weighted by atomic mass is 19.1. The van der Waals surface area contributed by atoms with Crippen LogP contribution in [-0.4, -0.2) is 24.5 Å². The third kappa shape index (κ3) is 3.24. The van der Waals surface area contributed by atoms with Crippen LogP contribution in [-0.2, 0) is 6.54 Å². The molecule has 3 atom stereocenters. The summed E-state index contributed by atoms with van der Waals surface area (Å²) in [4.78, 5) is 2.60. The van der Waals surface area contributed by atoms with Gasteiger partial charge in [-0.1, -0.05) is 36.4 Å². The molecule has 24 heavy (non-hydrogen) atoms. The minimum Gasteiger partial charge on any atom is -0.309 e. The predicted molar refractivity (Wildman–Crippen MR) is 95.2 cm³/mol. The number of fused-ring (bicyclic) bond motifs is 2. The molecule has 0 saturated carbocycles. The minimum absolute atomic E-state index is 0.140. The molecule has 2 fully saturated rings. The van der Waals surface area contributed by atoms with Crippen LogP contribution in [0.1, 0.15) is 29.2 Å². The summed E-state index contributed by atoms with van der Waals surface area (Å²) in [5, 5.41) is 3.73. The van der Waals surface area contributed by atoms with Crippen LogP contribution < -0.4 is 5.32 Å². The zero-order chi connectivity index (χ0) is 16.5. The Morgan fingerprint density at radius 3 is 2.75 bits per heavy atom. The zero-order valence-electron chi connectivity index (χ0n) is 14.2. The van der Waals surface area contributed by atoms with Crippen molar-refractivity contribution in [1.82, 2.24) is 10.2 Å². The lowest BCUT2D eigenvalue weighted by Gasteiger charge is -2.46. The second-order valence-corrected chi connectivity index (χ2v) is 7.43. The average Bonchev–Trinajstić information content (AvgIpc) is 2.57. The minimum atomic E-state index is -0.140. The van der Waals surface area contributed by atoms with Crippen LogP contribution in [0, 0.1) is 24.6 Å². The highest BCUT2D eigenvalue weighted by molar-refractivity contribution is 5.31. The van der Waals surface area contributed by atoms with Gasteiger partial charge in [-0.05, 0) is 60.5 Å². The van der Waals surface area contributed by atoms with Crippen LogP contribution in [0.3, 0.4) is 0 Å². The van der Waals surface area contributed by atoms with Gasteiger partial charge in [0.15, 0.2) is 0 Å². The maximum atomic E-state index is 13.4. The summed E-state index contributed by atoms with van der Waals surface area (Å²) in [6.07, 6.45) is 1.28. The number of piperidine rings is 2. The highest BCUT2D eigenvalue weighted by Gasteiger charge is 2.37. The number of benzene rings is 2. The molecular weight excluding hydrogens is 299 g/mol. The van der Waals surface area contributed by atoms with E-state index in [-0.39, 0.29) is 5.82 Å². The van der Waals surface area contributed by atoms with Crippen LogP contribution in [0.4, 0.5) is 4.39 Å². The molecule has 2 aliphatic rings. The number of rotatable bonds is 3. The van der Waals surface area contributed by atoms with Gasteiger partial charge in [-0.3, -0.25) is 4.90 Å². The molecule has 2 aromatic rings. The highest BCUT2D eigenvalue weighted by Crippen LogP contribution is 2.37. The smallest absolute Gasteiger partial charge is 0.123 e. The summed E-state index contributed by atoms with van der Waals surface area (Å²) in [6, 6.07) is 16.3. The molecule has 2 saturated heterocycles. The molecule has 0 spiro atoms. The second-order valence-electron chi connectivity index (χ2n) is 7.43. The summed E-state index contributed by atoms with van der Waals surface area (Å²) in [6.45, 7) is 6.40. The number of halogens is 1. The molecule has 2 aromatic carbocycles. The monoisotopic (exact) mass is 324 g/mol. The Bertz CT molecular complexity index is 700. The molecular formula is C21H25FN2. The van der Waals surface area contributed by atoms with E-state index in [9.17, 15) is 4.39 Å². The summed E-state index contributed by atoms with van der Waals surface area (Å²) >= 11 is 0. The van der Waals surface area contributed by atoms with Gasteiger partial charge in [0.1, 0.15) is 5.82 Å². The van der Waals surface area contributed by atoms with Gasteiger partial charge in [-0.2, -0.15) is 0 Å². The molecule has 3 unspecified atom stereocenters. The maximum Gasteiger partial charge on any atom is 0.123 e. The van der Waals surface area contributed by atoms with Crippen molar-refractivity contribution >= 4 is 0 Å². The van der Waals surface area contributed by atoms with Crippen molar-refractivity contribution in [2.75, 3.05) is 19.6 Å². The van der Waals surface area contributed by atoms with E-state index >= 15 is 0 Å². The summed E-state index contributed by atoms with van der Waals surface area (Å²) in [7, 11) is 0. The van der Waals surface area contributed by atoms with E-state index < -0.39 is 0 Å². The first-order valence-corrected chi connectivity index (χ1v) is 8.95. The van der Waals surface area contributed by atoms with E-state index in [4.69, 9.17) is 0 Å². The number of nitrogens with zero attached hydrogens (tertiary/aromatic N) is 1. The molecule has 1 N–H and O–H groups in total. The fraction of sp³-hybridized carbons (Fsp3) is 0.429. The predicted octanol–water partition coefficient (Wildman–Crippen LogP) is 3.92. The Balaban J connectivity index is 1.51. The van der Waals surface area contributed by atoms with Gasteiger partial charge >= 0.3 is 0 Å². The quantitative estimate of drug-likeness (QED) is 0.921. The van der Waals surface area contributed by atoms with Crippen molar-refractivity contribution < 1.29 is 4.39 Å². The molecule has 2 nitrogen and oxygen atoms in total. The fourth-order valence-corrected chi connectivity index (χ4v) is 4.52. The molecule has 3 heteroatoms. The van der Waals surface area contributed by atoms with Gasteiger partial charge in [0.25, 0.3) is 0 Å². The standard InChI is InChI=1S/C21H25FN2/c1-15-9-19(22)7-8-20(15)21-18-10-17(11-23-21)13-24(14-18)12-16-5-3-2-4-6-16/h2-9,17-18,21,23H,10-14H2,1H3. The largest absolute Gasteiger partial charge is 0.309 e. The molecule has 0 radical (unpaired) electrons. The van der Waals surface area contributed by atoms with Crippen LogP contribution in [0.2, 0.25) is 0 Å². The van der Waals surface area contributed by atoms with Gasteiger partial charge in [0.05, 0.1) is 0 Å². The van der Waals surface area contributed by atoms with Crippen LogP contribution in [0.5, 0.6) is 0 Å². The topological polar surface area (TPSA) is 15.3 Å². The Labute approximate surface area is 143 Å². The number of nitrogens with one attached hydrogen (secondary N) is 1. The van der Waals surface area contributed by atoms with Crippen molar-refractivity contribution in [3.8, 4) is 0 Å². The molecule has 0 aliphatic carbocycles. The fourth-order valence-electron chi connectivity index (χ4n) is 4.52. The van der Waals surface area contributed by atoms with Crippen molar-refractivity contribution in [3.63, 3.8) is 0 Å². The van der Waals surface area contributed by atoms with E-state index in [1.807, 2.05) is 13.0 Å². The van der Waals surface area contributed by atoms with Gasteiger partial charge < -0.3 is 5.32 Å². The Hall–Kier alpha value is -1.71. The molecule has 4 rings (SSSR count). The molecule has 2 bridgehead atoms. The first kappa shape index (κ1) is 15.8. The van der Waals surface area contributed by atoms with Crippen LogP contribution in [0.15, 0.2) is 48.5 Å². The SMILES string of the molecule is Cc1cc(F)ccc1C1NCC2CC1CN(Cc1ccccc1)C2. The van der Waals surface area contributed by atoms with E-state index in [1.165, 1.54) is 24.1 Å². The molecule has 0 aromatic heterocycles. The first-order chi connectivity index (χ1) is 11.7. The van der Waals surface area contributed by atoms with Crippen LogP contribution in [0.25, 0.3) is 0 Å². The van der Waals surface area contributed by atoms with Crippen molar-refractivity contribution in [2.45, 2.75) is 25.9 Å². The normalized spacial score (nSPS) is 27.2. The van der Waals surface area contributed by atoms with Crippen molar-refractivity contribution in [1.29, 1.82) is 0 Å². The molecule has 126 valence electrons. The van der Waals surface area contributed by atoms with Gasteiger partial charge in [0.2, 0.25) is 0 Å². The molecule has 2 heterocycles. The number of hydrogen-bond acceptors (Lipinski definition) is 2. The molecule has 2 aliphatic heterocycles. The lowest BCUT2D eigenvalue weighted by Crippen LogP contribution is -2.52. The third-order valence-corrected chi connectivity index (χ3v) is 5.56. The zero-order valence-corrected chi connectivity index (χ0v) is 14.2. The Kier molecular flexibility index (Phi) is 4.38. The summed E-state index contributed by atoms with van der Waals surface area (Å²) in [5.74, 6) is 1.19. The third-order valence-electron chi connectivity index (χ3n) is 5.56. The first-order valence-electron chi connectivity index (χ1n) is 8.95. The lowest BCUT2D eigenvalue weighted by molar-refractivity contribution is 0.0627. The maximum absolute atomic E-state index is 13.4. The van der Waals surface area contributed by atoms with Crippen LogP contribution >= 0.6 is 0 Å². The van der Waals surface area contributed by atoms with E-state index in [1.54, 1.807) is 12.1 Å². The van der Waals surface area contributed by atoms with E-state index in [2.05, 4.69) is 40.5 Å². The van der Waals surface area contributed by atoms with Crippen molar-refractivity contribution in [2.24, 2.45) is 11.8 Å². The number of hydrogen-bond donors (Lipinski definition) is 1.